The summed E-state index contributed by atoms with van der Waals surface area (Å²) in [5.41, 5.74) is 1.55. The quantitative estimate of drug-likeness (QED) is 0.887. The van der Waals surface area contributed by atoms with Crippen molar-refractivity contribution < 1.29 is 9.53 Å². The summed E-state index contributed by atoms with van der Waals surface area (Å²) in [7, 11) is 1.62. The maximum Gasteiger partial charge on any atom is 0.221 e. The fourth-order valence-electron chi connectivity index (χ4n) is 1.85. The van der Waals surface area contributed by atoms with Gasteiger partial charge in [0.15, 0.2) is 0 Å². The van der Waals surface area contributed by atoms with Crippen LogP contribution in [0, 0.1) is 0 Å². The third-order valence-electron chi connectivity index (χ3n) is 2.71. The Bertz CT molecular complexity index is 584. The number of nitrogens with one attached hydrogen (secondary N) is 2. The van der Waals surface area contributed by atoms with Crippen LogP contribution >= 0.6 is 11.3 Å². The highest BCUT2D eigenvalue weighted by Gasteiger charge is 2.12. The lowest BCUT2D eigenvalue weighted by molar-refractivity contribution is -0.114. The summed E-state index contributed by atoms with van der Waals surface area (Å²) in [6.45, 7) is 3.51. The SMILES string of the molecule is COc1ccc(NC(C)=O)cc1NC(C)c1nccs1. The molecular formula is C14H17N3O2S. The molecule has 0 aliphatic carbocycles. The standard InChI is InChI=1S/C14H17N3O2S/c1-9(14-15-6-7-20-14)16-12-8-11(17-10(2)18)4-5-13(12)19-3/h4-9,16H,1-3H3,(H,17,18). The van der Waals surface area contributed by atoms with Crippen molar-refractivity contribution in [1.29, 1.82) is 0 Å². The number of methoxy groups -OCH3 is 1. The minimum Gasteiger partial charge on any atom is -0.495 e. The van der Waals surface area contributed by atoms with Gasteiger partial charge in [-0.05, 0) is 25.1 Å². The van der Waals surface area contributed by atoms with Gasteiger partial charge in [-0.3, -0.25) is 4.79 Å². The molecule has 0 fully saturated rings. The summed E-state index contributed by atoms with van der Waals surface area (Å²) in [6.07, 6.45) is 1.78. The maximum absolute atomic E-state index is 11.1. The van der Waals surface area contributed by atoms with Crippen LogP contribution in [0.2, 0.25) is 0 Å². The average Bonchev–Trinajstić information content (AvgIpc) is 2.92. The second-order valence-corrected chi connectivity index (χ2v) is 5.26. The molecule has 0 bridgehead atoms. The molecule has 2 N–H and O–H groups in total. The van der Waals surface area contributed by atoms with E-state index >= 15 is 0 Å². The predicted octanol–water partition coefficient (Wildman–Crippen LogP) is 3.28. The van der Waals surface area contributed by atoms with Crippen LogP contribution in [0.25, 0.3) is 0 Å². The zero-order valence-electron chi connectivity index (χ0n) is 11.6. The van der Waals surface area contributed by atoms with E-state index in [-0.39, 0.29) is 11.9 Å². The van der Waals surface area contributed by atoms with Gasteiger partial charge in [-0.1, -0.05) is 0 Å². The number of amides is 1. The molecule has 2 aromatic rings. The van der Waals surface area contributed by atoms with Crippen LogP contribution < -0.4 is 15.4 Å². The Morgan fingerprint density at radius 1 is 1.45 bits per heavy atom. The predicted molar refractivity (Wildman–Crippen MR) is 81.4 cm³/mol. The second kappa shape index (κ2) is 6.38. The van der Waals surface area contributed by atoms with Crippen molar-refractivity contribution >= 4 is 28.6 Å². The number of carbonyl (C=O) groups is 1. The minimum atomic E-state index is -0.103. The second-order valence-electron chi connectivity index (χ2n) is 4.33. The van der Waals surface area contributed by atoms with E-state index in [1.807, 2.05) is 24.4 Å². The summed E-state index contributed by atoms with van der Waals surface area (Å²) in [6, 6.07) is 5.54. The van der Waals surface area contributed by atoms with Gasteiger partial charge in [-0.25, -0.2) is 4.98 Å². The van der Waals surface area contributed by atoms with Crippen molar-refractivity contribution in [2.24, 2.45) is 0 Å². The van der Waals surface area contributed by atoms with Crippen molar-refractivity contribution in [2.45, 2.75) is 19.9 Å². The molecule has 0 saturated heterocycles. The lowest BCUT2D eigenvalue weighted by Crippen LogP contribution is -2.09. The van der Waals surface area contributed by atoms with Crippen LogP contribution in [-0.2, 0) is 4.79 Å². The Hall–Kier alpha value is -2.08. The first-order chi connectivity index (χ1) is 9.60. The molecule has 0 radical (unpaired) electrons. The topological polar surface area (TPSA) is 63.2 Å². The summed E-state index contributed by atoms with van der Waals surface area (Å²) < 4.78 is 5.33. The number of benzene rings is 1. The van der Waals surface area contributed by atoms with Crippen LogP contribution in [0.15, 0.2) is 29.8 Å². The Morgan fingerprint density at radius 2 is 2.25 bits per heavy atom. The van der Waals surface area contributed by atoms with Crippen LogP contribution in [0.5, 0.6) is 5.75 Å². The van der Waals surface area contributed by atoms with Gasteiger partial charge in [0.1, 0.15) is 10.8 Å². The van der Waals surface area contributed by atoms with E-state index < -0.39 is 0 Å². The summed E-state index contributed by atoms with van der Waals surface area (Å²) in [5.74, 6) is 0.622. The van der Waals surface area contributed by atoms with Crippen molar-refractivity contribution in [3.05, 3.63) is 34.8 Å². The third kappa shape index (κ3) is 3.48. The lowest BCUT2D eigenvalue weighted by atomic mass is 10.2. The summed E-state index contributed by atoms with van der Waals surface area (Å²) in [4.78, 5) is 15.4. The van der Waals surface area contributed by atoms with Gasteiger partial charge in [0.2, 0.25) is 5.91 Å². The molecule has 1 unspecified atom stereocenters. The molecule has 0 aliphatic rings. The first-order valence-electron chi connectivity index (χ1n) is 6.21. The molecule has 1 aromatic carbocycles. The Morgan fingerprint density at radius 3 is 2.85 bits per heavy atom. The molecule has 1 atom stereocenters. The van der Waals surface area contributed by atoms with Gasteiger partial charge in [0.05, 0.1) is 18.8 Å². The number of carbonyl (C=O) groups excluding carboxylic acids is 1. The van der Waals surface area contributed by atoms with Gasteiger partial charge in [-0.15, -0.1) is 11.3 Å². The van der Waals surface area contributed by atoms with Gasteiger partial charge in [-0.2, -0.15) is 0 Å². The third-order valence-corrected chi connectivity index (χ3v) is 3.67. The molecular weight excluding hydrogens is 274 g/mol. The van der Waals surface area contributed by atoms with Gasteiger partial charge >= 0.3 is 0 Å². The number of hydrogen-bond donors (Lipinski definition) is 2. The smallest absolute Gasteiger partial charge is 0.221 e. The van der Waals surface area contributed by atoms with Crippen LogP contribution in [-0.4, -0.2) is 18.0 Å². The van der Waals surface area contributed by atoms with E-state index in [9.17, 15) is 4.79 Å². The largest absolute Gasteiger partial charge is 0.495 e. The van der Waals surface area contributed by atoms with E-state index in [1.54, 1.807) is 30.7 Å². The number of aromatic nitrogens is 1. The van der Waals surface area contributed by atoms with Crippen molar-refractivity contribution in [1.82, 2.24) is 4.98 Å². The molecule has 1 aromatic heterocycles. The van der Waals surface area contributed by atoms with Gasteiger partial charge < -0.3 is 15.4 Å². The van der Waals surface area contributed by atoms with Crippen LogP contribution in [0.4, 0.5) is 11.4 Å². The van der Waals surface area contributed by atoms with E-state index in [4.69, 9.17) is 4.74 Å². The molecule has 106 valence electrons. The lowest BCUT2D eigenvalue weighted by Gasteiger charge is -2.17. The van der Waals surface area contributed by atoms with Crippen molar-refractivity contribution in [3.63, 3.8) is 0 Å². The number of anilines is 2. The highest BCUT2D eigenvalue weighted by Crippen LogP contribution is 2.31. The first kappa shape index (κ1) is 14.3. The molecule has 1 heterocycles. The maximum atomic E-state index is 11.1. The Balaban J connectivity index is 2.21. The van der Waals surface area contributed by atoms with Gasteiger partial charge in [0.25, 0.3) is 0 Å². The Kier molecular flexibility index (Phi) is 4.57. The molecule has 20 heavy (non-hydrogen) atoms. The number of ether oxygens (including phenoxy) is 1. The fraction of sp³-hybridized carbons (Fsp3) is 0.286. The summed E-state index contributed by atoms with van der Waals surface area (Å²) >= 11 is 1.59. The van der Waals surface area contributed by atoms with E-state index in [2.05, 4.69) is 15.6 Å². The average molecular weight is 291 g/mol. The fourth-order valence-corrected chi connectivity index (χ4v) is 2.49. The van der Waals surface area contributed by atoms with Gasteiger partial charge in [0, 0.05) is 24.2 Å². The van der Waals surface area contributed by atoms with Crippen LogP contribution in [0.1, 0.15) is 24.9 Å². The van der Waals surface area contributed by atoms with E-state index in [0.29, 0.717) is 0 Å². The van der Waals surface area contributed by atoms with Crippen molar-refractivity contribution in [2.75, 3.05) is 17.7 Å². The van der Waals surface area contributed by atoms with Crippen LogP contribution in [0.3, 0.4) is 0 Å². The van der Waals surface area contributed by atoms with E-state index in [0.717, 1.165) is 22.1 Å². The zero-order valence-corrected chi connectivity index (χ0v) is 12.5. The zero-order chi connectivity index (χ0) is 14.5. The number of nitrogens with zero attached hydrogens (tertiary/aromatic N) is 1. The highest BCUT2D eigenvalue weighted by molar-refractivity contribution is 7.09. The molecule has 1 amide bonds. The van der Waals surface area contributed by atoms with E-state index in [1.165, 1.54) is 6.92 Å². The molecule has 6 heteroatoms. The molecule has 0 saturated carbocycles. The minimum absolute atomic E-state index is 0.0662. The number of hydrogen-bond acceptors (Lipinski definition) is 5. The molecule has 5 nitrogen and oxygen atoms in total. The highest BCUT2D eigenvalue weighted by atomic mass is 32.1. The first-order valence-corrected chi connectivity index (χ1v) is 7.09. The molecule has 2 rings (SSSR count). The molecule has 0 aliphatic heterocycles. The summed E-state index contributed by atoms with van der Waals surface area (Å²) in [5, 5.41) is 9.05. The Labute approximate surface area is 122 Å². The monoisotopic (exact) mass is 291 g/mol. The number of rotatable bonds is 5. The molecule has 0 spiro atoms. The van der Waals surface area contributed by atoms with Crippen molar-refractivity contribution in [3.8, 4) is 5.75 Å². The number of thiazole rings is 1. The normalized spacial score (nSPS) is 11.8.